The molecule has 1 aliphatic rings. The van der Waals surface area contributed by atoms with Crippen molar-refractivity contribution in [3.63, 3.8) is 0 Å². The lowest BCUT2D eigenvalue weighted by Gasteiger charge is -2.37. The molecule has 4 rings (SSSR count). The molecule has 0 aromatic heterocycles. The maximum Gasteiger partial charge on any atom is 0.263 e. The van der Waals surface area contributed by atoms with Gasteiger partial charge in [-0.25, -0.2) is 0 Å². The van der Waals surface area contributed by atoms with Gasteiger partial charge in [0.05, 0.1) is 11.9 Å². The number of rotatable bonds is 6. The Hall–Kier alpha value is -3.44. The first-order chi connectivity index (χ1) is 15.6. The second-order valence-electron chi connectivity index (χ2n) is 8.25. The van der Waals surface area contributed by atoms with Crippen LogP contribution in [0.15, 0.2) is 96.0 Å². The van der Waals surface area contributed by atoms with Gasteiger partial charge in [0.2, 0.25) is 0 Å². The average Bonchev–Trinajstić information content (AvgIpc) is 2.85. The molecule has 32 heavy (non-hydrogen) atoms. The van der Waals surface area contributed by atoms with Gasteiger partial charge in [-0.15, -0.1) is 0 Å². The molecular formula is C27H29N3O2. The quantitative estimate of drug-likeness (QED) is 0.467. The first kappa shape index (κ1) is 21.8. The van der Waals surface area contributed by atoms with Crippen LogP contribution in [0.3, 0.4) is 0 Å². The molecule has 1 fully saturated rings. The van der Waals surface area contributed by atoms with Gasteiger partial charge < -0.3 is 15.7 Å². The second kappa shape index (κ2) is 9.79. The SMILES string of the molecule is NC(Cc1ccccc1)=NC1CCN(C(=O)C(O)(c2ccccc2)c2ccccc2)CC1. The Morgan fingerprint density at radius 2 is 1.34 bits per heavy atom. The third-order valence-electron chi connectivity index (χ3n) is 6.02. The molecule has 0 radical (unpaired) electrons. The predicted molar refractivity (Wildman–Crippen MR) is 127 cm³/mol. The summed E-state index contributed by atoms with van der Waals surface area (Å²) in [6.45, 7) is 1.07. The first-order valence-electron chi connectivity index (χ1n) is 11.1. The normalized spacial score (nSPS) is 15.5. The van der Waals surface area contributed by atoms with Gasteiger partial charge >= 0.3 is 0 Å². The first-order valence-corrected chi connectivity index (χ1v) is 11.1. The highest BCUT2D eigenvalue weighted by molar-refractivity contribution is 5.90. The molecule has 5 nitrogen and oxygen atoms in total. The Labute approximate surface area is 189 Å². The van der Waals surface area contributed by atoms with Crippen molar-refractivity contribution in [1.82, 2.24) is 4.90 Å². The van der Waals surface area contributed by atoms with Crippen LogP contribution >= 0.6 is 0 Å². The standard InChI is InChI=1S/C27H29N3O2/c28-25(20-21-10-4-1-5-11-21)29-24-16-18-30(19-17-24)26(31)27(32,22-12-6-2-7-13-22)23-14-8-3-9-15-23/h1-15,24,32H,16-20H2,(H2,28,29). The predicted octanol–water partition coefficient (Wildman–Crippen LogP) is 3.51. The Balaban J connectivity index is 1.47. The van der Waals surface area contributed by atoms with Crippen LogP contribution in [0.25, 0.3) is 0 Å². The Morgan fingerprint density at radius 1 is 0.875 bits per heavy atom. The molecule has 1 amide bonds. The van der Waals surface area contributed by atoms with Crippen LogP contribution in [-0.2, 0) is 16.8 Å². The van der Waals surface area contributed by atoms with Crippen molar-refractivity contribution in [2.45, 2.75) is 30.9 Å². The van der Waals surface area contributed by atoms with E-state index in [1.807, 2.05) is 66.7 Å². The zero-order valence-corrected chi connectivity index (χ0v) is 18.1. The van der Waals surface area contributed by atoms with Crippen molar-refractivity contribution >= 4 is 11.7 Å². The highest BCUT2D eigenvalue weighted by Crippen LogP contribution is 2.33. The van der Waals surface area contributed by atoms with Crippen LogP contribution in [-0.4, -0.2) is 40.9 Å². The van der Waals surface area contributed by atoms with E-state index in [0.717, 1.165) is 18.4 Å². The van der Waals surface area contributed by atoms with Gasteiger partial charge in [-0.2, -0.15) is 0 Å². The summed E-state index contributed by atoms with van der Waals surface area (Å²) in [5, 5.41) is 11.7. The fourth-order valence-electron chi connectivity index (χ4n) is 4.28. The maximum absolute atomic E-state index is 13.6. The molecule has 0 spiro atoms. The van der Waals surface area contributed by atoms with Crippen molar-refractivity contribution in [3.05, 3.63) is 108 Å². The fourth-order valence-corrected chi connectivity index (χ4v) is 4.28. The minimum Gasteiger partial charge on any atom is -0.387 e. The van der Waals surface area contributed by atoms with Gasteiger partial charge in [0.1, 0.15) is 0 Å². The largest absolute Gasteiger partial charge is 0.387 e. The molecule has 1 heterocycles. The number of carbonyl (C=O) groups excluding carboxylic acids is 1. The number of aliphatic hydroxyl groups is 1. The second-order valence-corrected chi connectivity index (χ2v) is 8.25. The van der Waals surface area contributed by atoms with Gasteiger partial charge in [-0.1, -0.05) is 91.0 Å². The van der Waals surface area contributed by atoms with Crippen molar-refractivity contribution in [2.75, 3.05) is 13.1 Å². The van der Waals surface area contributed by atoms with Crippen molar-refractivity contribution < 1.29 is 9.90 Å². The van der Waals surface area contributed by atoms with Crippen LogP contribution in [0.1, 0.15) is 29.5 Å². The molecular weight excluding hydrogens is 398 g/mol. The molecule has 0 saturated carbocycles. The summed E-state index contributed by atoms with van der Waals surface area (Å²) in [5.41, 5.74) is 6.75. The molecule has 0 aliphatic carbocycles. The summed E-state index contributed by atoms with van der Waals surface area (Å²) in [5.74, 6) is 0.320. The van der Waals surface area contributed by atoms with Gasteiger partial charge in [-0.3, -0.25) is 9.79 Å². The zero-order chi connectivity index (χ0) is 22.4. The van der Waals surface area contributed by atoms with E-state index in [2.05, 4.69) is 0 Å². The summed E-state index contributed by atoms with van der Waals surface area (Å²) in [4.78, 5) is 20.1. The Kier molecular flexibility index (Phi) is 6.66. The lowest BCUT2D eigenvalue weighted by atomic mass is 9.84. The summed E-state index contributed by atoms with van der Waals surface area (Å²) in [6, 6.07) is 28.4. The maximum atomic E-state index is 13.6. The molecule has 0 unspecified atom stereocenters. The molecule has 1 aliphatic heterocycles. The van der Waals surface area contributed by atoms with E-state index in [-0.39, 0.29) is 11.9 Å². The molecule has 3 N–H and O–H groups in total. The van der Waals surface area contributed by atoms with Crippen LogP contribution in [0.5, 0.6) is 0 Å². The molecule has 0 atom stereocenters. The van der Waals surface area contributed by atoms with E-state index in [1.165, 1.54) is 0 Å². The van der Waals surface area contributed by atoms with E-state index in [0.29, 0.717) is 36.5 Å². The number of nitrogens with two attached hydrogens (primary N) is 1. The van der Waals surface area contributed by atoms with Crippen LogP contribution in [0.2, 0.25) is 0 Å². The number of nitrogens with zero attached hydrogens (tertiary/aromatic N) is 2. The van der Waals surface area contributed by atoms with Gasteiger partial charge in [0.15, 0.2) is 5.60 Å². The van der Waals surface area contributed by atoms with Crippen LogP contribution < -0.4 is 5.73 Å². The van der Waals surface area contributed by atoms with Gasteiger partial charge in [0, 0.05) is 19.5 Å². The smallest absolute Gasteiger partial charge is 0.263 e. The van der Waals surface area contributed by atoms with Crippen LogP contribution in [0, 0.1) is 0 Å². The lowest BCUT2D eigenvalue weighted by molar-refractivity contribution is -0.149. The third kappa shape index (κ3) is 4.73. The minimum absolute atomic E-state index is 0.0873. The number of hydrogen-bond acceptors (Lipinski definition) is 3. The van der Waals surface area contributed by atoms with E-state index < -0.39 is 5.60 Å². The number of carbonyl (C=O) groups is 1. The molecule has 1 saturated heterocycles. The lowest BCUT2D eigenvalue weighted by Crippen LogP contribution is -2.51. The fraction of sp³-hybridized carbons (Fsp3) is 0.259. The summed E-state index contributed by atoms with van der Waals surface area (Å²) in [6.07, 6.45) is 2.07. The number of amidine groups is 1. The van der Waals surface area contributed by atoms with Crippen molar-refractivity contribution in [3.8, 4) is 0 Å². The third-order valence-corrected chi connectivity index (χ3v) is 6.02. The summed E-state index contributed by atoms with van der Waals surface area (Å²) >= 11 is 0. The number of amides is 1. The van der Waals surface area contributed by atoms with Crippen LogP contribution in [0.4, 0.5) is 0 Å². The van der Waals surface area contributed by atoms with Crippen molar-refractivity contribution in [1.29, 1.82) is 0 Å². The Bertz CT molecular complexity index is 1000. The highest BCUT2D eigenvalue weighted by Gasteiger charge is 2.43. The van der Waals surface area contributed by atoms with Crippen molar-refractivity contribution in [2.24, 2.45) is 10.7 Å². The summed E-state index contributed by atoms with van der Waals surface area (Å²) in [7, 11) is 0. The van der Waals surface area contributed by atoms with E-state index >= 15 is 0 Å². The number of likely N-dealkylation sites (tertiary alicyclic amines) is 1. The van der Waals surface area contributed by atoms with E-state index in [1.54, 1.807) is 29.2 Å². The zero-order valence-electron chi connectivity index (χ0n) is 18.1. The van der Waals surface area contributed by atoms with Gasteiger partial charge in [-0.05, 0) is 29.5 Å². The molecule has 3 aromatic carbocycles. The highest BCUT2D eigenvalue weighted by atomic mass is 16.3. The molecule has 164 valence electrons. The minimum atomic E-state index is -1.72. The number of hydrogen-bond donors (Lipinski definition) is 2. The number of aliphatic imine (C=N–C) groups is 1. The molecule has 5 heteroatoms. The average molecular weight is 428 g/mol. The molecule has 3 aromatic rings. The Morgan fingerprint density at radius 3 is 1.84 bits per heavy atom. The van der Waals surface area contributed by atoms with E-state index in [4.69, 9.17) is 10.7 Å². The topological polar surface area (TPSA) is 78.9 Å². The monoisotopic (exact) mass is 427 g/mol. The van der Waals surface area contributed by atoms with Gasteiger partial charge in [0.25, 0.3) is 5.91 Å². The number of piperidine rings is 1. The molecule has 0 bridgehead atoms. The number of benzene rings is 3. The summed E-state index contributed by atoms with van der Waals surface area (Å²) < 4.78 is 0. The van der Waals surface area contributed by atoms with E-state index in [9.17, 15) is 9.90 Å².